The Morgan fingerprint density at radius 1 is 1.00 bits per heavy atom. The molecule has 30 heavy (non-hydrogen) atoms. The molecule has 6 nitrogen and oxygen atoms in total. The topological polar surface area (TPSA) is 51.2 Å². The molecule has 1 aliphatic carbocycles. The lowest BCUT2D eigenvalue weighted by atomic mass is 9.64. The standard InChI is InChI=1S/C24H37N5O/c1-20(22(30)28-13-6-7-14-28)27-15-17-29(18-16-27)23(25-2)26-19-24(11-8-12-24)21-9-4-3-5-10-21/h3-5,9-10,20H,6-8,11-19H2,1-2H3,(H,25,26). The summed E-state index contributed by atoms with van der Waals surface area (Å²) in [4.78, 5) is 24.0. The van der Waals surface area contributed by atoms with Crippen LogP contribution in [0.4, 0.5) is 0 Å². The first kappa shape index (κ1) is 21.2. The Bertz CT molecular complexity index is 731. The molecular weight excluding hydrogens is 374 g/mol. The highest BCUT2D eigenvalue weighted by Crippen LogP contribution is 2.43. The van der Waals surface area contributed by atoms with Crippen molar-refractivity contribution in [3.63, 3.8) is 0 Å². The van der Waals surface area contributed by atoms with Gasteiger partial charge in [0.2, 0.25) is 5.91 Å². The second-order valence-corrected chi connectivity index (χ2v) is 9.13. The molecule has 1 N–H and O–H groups in total. The lowest BCUT2D eigenvalue weighted by Gasteiger charge is -2.44. The summed E-state index contributed by atoms with van der Waals surface area (Å²) in [7, 11) is 1.88. The fraction of sp³-hybridized carbons (Fsp3) is 0.667. The Morgan fingerprint density at radius 3 is 2.23 bits per heavy atom. The summed E-state index contributed by atoms with van der Waals surface area (Å²) in [5.74, 6) is 1.30. The van der Waals surface area contributed by atoms with E-state index in [1.165, 1.54) is 24.8 Å². The molecule has 2 aliphatic heterocycles. The van der Waals surface area contributed by atoms with Gasteiger partial charge in [-0.2, -0.15) is 0 Å². The summed E-state index contributed by atoms with van der Waals surface area (Å²) in [6, 6.07) is 10.9. The predicted molar refractivity (Wildman–Crippen MR) is 122 cm³/mol. The molecule has 2 heterocycles. The van der Waals surface area contributed by atoms with Crippen LogP contribution in [0.3, 0.4) is 0 Å². The van der Waals surface area contributed by atoms with Crippen molar-refractivity contribution in [2.24, 2.45) is 4.99 Å². The third kappa shape index (κ3) is 4.34. The Morgan fingerprint density at radius 2 is 1.67 bits per heavy atom. The third-order valence-corrected chi connectivity index (χ3v) is 7.43. The molecule has 2 saturated heterocycles. The van der Waals surface area contributed by atoms with Gasteiger partial charge in [-0.3, -0.25) is 14.7 Å². The number of hydrogen-bond acceptors (Lipinski definition) is 3. The van der Waals surface area contributed by atoms with E-state index in [1.54, 1.807) is 0 Å². The number of rotatable bonds is 5. The van der Waals surface area contributed by atoms with Crippen LogP contribution in [0.2, 0.25) is 0 Å². The van der Waals surface area contributed by atoms with Gasteiger partial charge < -0.3 is 15.1 Å². The molecule has 1 unspecified atom stereocenters. The summed E-state index contributed by atoms with van der Waals surface area (Å²) in [6.45, 7) is 8.52. The van der Waals surface area contributed by atoms with Crippen LogP contribution < -0.4 is 5.32 Å². The van der Waals surface area contributed by atoms with Crippen molar-refractivity contribution in [1.29, 1.82) is 0 Å². The van der Waals surface area contributed by atoms with Crippen molar-refractivity contribution < 1.29 is 4.79 Å². The molecule has 3 fully saturated rings. The van der Waals surface area contributed by atoms with Crippen LogP contribution >= 0.6 is 0 Å². The van der Waals surface area contributed by atoms with Crippen molar-refractivity contribution in [3.05, 3.63) is 35.9 Å². The molecule has 0 bridgehead atoms. The van der Waals surface area contributed by atoms with Gasteiger partial charge in [0.05, 0.1) is 6.04 Å². The second-order valence-electron chi connectivity index (χ2n) is 9.13. The first-order valence-corrected chi connectivity index (χ1v) is 11.7. The highest BCUT2D eigenvalue weighted by molar-refractivity contribution is 5.82. The van der Waals surface area contributed by atoms with E-state index >= 15 is 0 Å². The summed E-state index contributed by atoms with van der Waals surface area (Å²) >= 11 is 0. The van der Waals surface area contributed by atoms with Crippen LogP contribution in [0.15, 0.2) is 35.3 Å². The number of benzene rings is 1. The molecule has 1 aromatic rings. The van der Waals surface area contributed by atoms with Crippen LogP contribution in [-0.4, -0.2) is 85.5 Å². The minimum absolute atomic E-state index is 0.0171. The number of guanidine groups is 1. The first-order valence-electron chi connectivity index (χ1n) is 11.7. The SMILES string of the molecule is CN=C(NCC1(c2ccccc2)CCC1)N1CCN(C(C)C(=O)N2CCCC2)CC1. The molecule has 0 radical (unpaired) electrons. The lowest BCUT2D eigenvalue weighted by Crippen LogP contribution is -2.58. The predicted octanol–water partition coefficient (Wildman–Crippen LogP) is 2.31. The Balaban J connectivity index is 1.29. The van der Waals surface area contributed by atoms with E-state index in [4.69, 9.17) is 0 Å². The van der Waals surface area contributed by atoms with Crippen molar-refractivity contribution in [2.45, 2.75) is 50.5 Å². The average Bonchev–Trinajstić information content (AvgIpc) is 3.30. The van der Waals surface area contributed by atoms with Gasteiger partial charge in [-0.25, -0.2) is 0 Å². The van der Waals surface area contributed by atoms with E-state index in [0.717, 1.165) is 64.6 Å². The van der Waals surface area contributed by atoms with Gasteiger partial charge in [-0.05, 0) is 38.2 Å². The van der Waals surface area contributed by atoms with Gasteiger partial charge in [0.15, 0.2) is 5.96 Å². The Kier molecular flexibility index (Phi) is 6.61. The zero-order chi connectivity index (χ0) is 21.0. The Labute approximate surface area is 181 Å². The molecule has 3 aliphatic rings. The fourth-order valence-corrected chi connectivity index (χ4v) is 5.22. The van der Waals surface area contributed by atoms with E-state index in [9.17, 15) is 4.79 Å². The highest BCUT2D eigenvalue weighted by Gasteiger charge is 2.39. The molecular formula is C24H37N5O. The maximum absolute atomic E-state index is 12.7. The number of carbonyl (C=O) groups excluding carboxylic acids is 1. The summed E-state index contributed by atoms with van der Waals surface area (Å²) in [5, 5.41) is 3.67. The monoisotopic (exact) mass is 411 g/mol. The Hall–Kier alpha value is -2.08. The van der Waals surface area contributed by atoms with Crippen molar-refractivity contribution in [1.82, 2.24) is 20.0 Å². The van der Waals surface area contributed by atoms with Crippen LogP contribution in [0, 0.1) is 0 Å². The molecule has 0 spiro atoms. The number of nitrogens with one attached hydrogen (secondary N) is 1. The molecule has 1 saturated carbocycles. The first-order chi connectivity index (χ1) is 14.6. The third-order valence-electron chi connectivity index (χ3n) is 7.43. The molecule has 1 atom stereocenters. The number of hydrogen-bond donors (Lipinski definition) is 1. The maximum Gasteiger partial charge on any atom is 0.239 e. The average molecular weight is 412 g/mol. The van der Waals surface area contributed by atoms with E-state index in [1.807, 2.05) is 11.9 Å². The molecule has 1 amide bonds. The van der Waals surface area contributed by atoms with Gasteiger partial charge in [-0.15, -0.1) is 0 Å². The van der Waals surface area contributed by atoms with Gasteiger partial charge in [0.1, 0.15) is 0 Å². The number of likely N-dealkylation sites (tertiary alicyclic amines) is 1. The van der Waals surface area contributed by atoms with Gasteiger partial charge >= 0.3 is 0 Å². The summed E-state index contributed by atoms with van der Waals surface area (Å²) < 4.78 is 0. The molecule has 0 aromatic heterocycles. The largest absolute Gasteiger partial charge is 0.355 e. The van der Waals surface area contributed by atoms with Crippen LogP contribution in [-0.2, 0) is 10.2 Å². The summed E-state index contributed by atoms with van der Waals surface area (Å²) in [5.41, 5.74) is 1.69. The van der Waals surface area contributed by atoms with Crippen LogP contribution in [0.1, 0.15) is 44.6 Å². The zero-order valence-corrected chi connectivity index (χ0v) is 18.6. The van der Waals surface area contributed by atoms with Gasteiger partial charge in [-0.1, -0.05) is 36.8 Å². The molecule has 164 valence electrons. The van der Waals surface area contributed by atoms with Gasteiger partial charge in [0, 0.05) is 58.3 Å². The van der Waals surface area contributed by atoms with Gasteiger partial charge in [0.25, 0.3) is 0 Å². The second kappa shape index (κ2) is 9.38. The normalized spacial score (nSPS) is 23.2. The zero-order valence-electron chi connectivity index (χ0n) is 18.6. The number of piperazine rings is 1. The quantitative estimate of drug-likeness (QED) is 0.597. The minimum atomic E-state index is -0.0171. The van der Waals surface area contributed by atoms with Crippen LogP contribution in [0.5, 0.6) is 0 Å². The van der Waals surface area contributed by atoms with Crippen molar-refractivity contribution in [3.8, 4) is 0 Å². The fourth-order valence-electron chi connectivity index (χ4n) is 5.22. The van der Waals surface area contributed by atoms with Crippen LogP contribution in [0.25, 0.3) is 0 Å². The van der Waals surface area contributed by atoms with E-state index < -0.39 is 0 Å². The maximum atomic E-state index is 12.7. The molecule has 4 rings (SSSR count). The number of aliphatic imine (C=N–C) groups is 1. The highest BCUT2D eigenvalue weighted by atomic mass is 16.2. The molecule has 1 aromatic carbocycles. The number of amides is 1. The van der Waals surface area contributed by atoms with E-state index in [0.29, 0.717) is 5.91 Å². The number of carbonyl (C=O) groups is 1. The van der Waals surface area contributed by atoms with E-state index in [2.05, 4.69) is 57.4 Å². The van der Waals surface area contributed by atoms with Crippen molar-refractivity contribution in [2.75, 3.05) is 52.9 Å². The van der Waals surface area contributed by atoms with Crippen molar-refractivity contribution >= 4 is 11.9 Å². The smallest absolute Gasteiger partial charge is 0.239 e. The number of nitrogens with zero attached hydrogens (tertiary/aromatic N) is 4. The summed E-state index contributed by atoms with van der Waals surface area (Å²) in [6.07, 6.45) is 6.09. The lowest BCUT2D eigenvalue weighted by molar-refractivity contribution is -0.135. The van der Waals surface area contributed by atoms with E-state index in [-0.39, 0.29) is 11.5 Å². The molecule has 6 heteroatoms. The minimum Gasteiger partial charge on any atom is -0.355 e.